The summed E-state index contributed by atoms with van der Waals surface area (Å²) < 4.78 is 5.43. The van der Waals surface area contributed by atoms with Crippen LogP contribution in [0.4, 0.5) is 5.69 Å². The molecule has 1 saturated carbocycles. The van der Waals surface area contributed by atoms with Gasteiger partial charge in [-0.1, -0.05) is 18.9 Å². The Labute approximate surface area is 155 Å². The summed E-state index contributed by atoms with van der Waals surface area (Å²) in [5.41, 5.74) is 1.34. The average Bonchev–Trinajstić information content (AvgIpc) is 3.43. The fourth-order valence-corrected chi connectivity index (χ4v) is 4.78. The fourth-order valence-electron chi connectivity index (χ4n) is 4.78. The van der Waals surface area contributed by atoms with Crippen LogP contribution >= 0.6 is 0 Å². The summed E-state index contributed by atoms with van der Waals surface area (Å²) in [6.07, 6.45) is 8.67. The molecule has 2 amide bonds. The van der Waals surface area contributed by atoms with Crippen LogP contribution < -0.4 is 5.32 Å². The van der Waals surface area contributed by atoms with Gasteiger partial charge in [0.25, 0.3) is 11.8 Å². The second kappa shape index (κ2) is 7.78. The number of carbonyl (C=O) groups is 2. The third-order valence-corrected chi connectivity index (χ3v) is 6.10. The first kappa shape index (κ1) is 17.5. The van der Waals surface area contributed by atoms with Gasteiger partial charge in [0.05, 0.1) is 0 Å². The van der Waals surface area contributed by atoms with Gasteiger partial charge in [-0.25, -0.2) is 0 Å². The van der Waals surface area contributed by atoms with Gasteiger partial charge in [0.15, 0.2) is 0 Å². The zero-order valence-corrected chi connectivity index (χ0v) is 15.3. The minimum Gasteiger partial charge on any atom is -0.368 e. The predicted octanol–water partition coefficient (Wildman–Crippen LogP) is 3.60. The molecule has 5 heteroatoms. The van der Waals surface area contributed by atoms with Crippen LogP contribution in [-0.4, -0.2) is 42.0 Å². The lowest BCUT2D eigenvalue weighted by Crippen LogP contribution is -2.39. The third kappa shape index (κ3) is 3.63. The Morgan fingerprint density at radius 1 is 1.04 bits per heavy atom. The largest absolute Gasteiger partial charge is 0.368 e. The molecule has 2 saturated heterocycles. The summed E-state index contributed by atoms with van der Waals surface area (Å²) in [5, 5.41) is 2.90. The van der Waals surface area contributed by atoms with Gasteiger partial charge in [-0.2, -0.15) is 0 Å². The minimum atomic E-state index is -0.361. The zero-order chi connectivity index (χ0) is 17.9. The molecule has 1 aromatic rings. The molecule has 5 nitrogen and oxygen atoms in total. The number of nitrogens with one attached hydrogen (secondary N) is 1. The van der Waals surface area contributed by atoms with E-state index in [0.29, 0.717) is 29.8 Å². The van der Waals surface area contributed by atoms with Crippen LogP contribution in [0.3, 0.4) is 0 Å². The second-order valence-corrected chi connectivity index (χ2v) is 7.82. The van der Waals surface area contributed by atoms with Crippen LogP contribution in [0.1, 0.15) is 61.7 Å². The highest BCUT2D eigenvalue weighted by atomic mass is 16.5. The molecule has 0 spiro atoms. The van der Waals surface area contributed by atoms with E-state index in [9.17, 15) is 9.59 Å². The third-order valence-electron chi connectivity index (χ3n) is 6.10. The molecule has 1 aromatic carbocycles. The van der Waals surface area contributed by atoms with Crippen LogP contribution in [0.2, 0.25) is 0 Å². The first-order valence-electron chi connectivity index (χ1n) is 10.1. The maximum Gasteiger partial charge on any atom is 0.254 e. The highest BCUT2D eigenvalue weighted by molar-refractivity contribution is 5.98. The van der Waals surface area contributed by atoms with E-state index in [-0.39, 0.29) is 17.9 Å². The standard InChI is InChI=1S/C21H28N2O3/c24-20(19-11-5-13-26-19)22-17-9-3-8-16(14-17)21(25)23-12-4-10-18(23)15-6-1-2-7-15/h3,8-9,14-15,18-19H,1-2,4-7,10-13H2,(H,22,24)/t18-,19+/m1/s1. The molecule has 4 rings (SSSR count). The van der Waals surface area contributed by atoms with Gasteiger partial charge in [0.1, 0.15) is 6.10 Å². The van der Waals surface area contributed by atoms with Crippen molar-refractivity contribution in [3.05, 3.63) is 29.8 Å². The second-order valence-electron chi connectivity index (χ2n) is 7.82. The van der Waals surface area contributed by atoms with Crippen LogP contribution in [-0.2, 0) is 9.53 Å². The Kier molecular flexibility index (Phi) is 5.25. The predicted molar refractivity (Wildman–Crippen MR) is 100 cm³/mol. The van der Waals surface area contributed by atoms with Crippen molar-refractivity contribution in [1.82, 2.24) is 4.90 Å². The molecule has 0 unspecified atom stereocenters. The summed E-state index contributed by atoms with van der Waals surface area (Å²) >= 11 is 0. The summed E-state index contributed by atoms with van der Waals surface area (Å²) in [4.78, 5) is 27.4. The molecule has 3 fully saturated rings. The number of benzene rings is 1. The Hall–Kier alpha value is -1.88. The molecule has 1 aliphatic carbocycles. The maximum absolute atomic E-state index is 13.1. The summed E-state index contributed by atoms with van der Waals surface area (Å²) in [5.74, 6) is 0.661. The summed E-state index contributed by atoms with van der Waals surface area (Å²) in [6.45, 7) is 1.50. The van der Waals surface area contributed by atoms with Gasteiger partial charge in [-0.15, -0.1) is 0 Å². The van der Waals surface area contributed by atoms with Crippen LogP contribution in [0, 0.1) is 5.92 Å². The van der Waals surface area contributed by atoms with Crippen molar-refractivity contribution in [2.24, 2.45) is 5.92 Å². The Balaban J connectivity index is 1.45. The number of hydrogen-bond donors (Lipinski definition) is 1. The monoisotopic (exact) mass is 356 g/mol. The number of anilines is 1. The number of nitrogens with zero attached hydrogens (tertiary/aromatic N) is 1. The van der Waals surface area contributed by atoms with E-state index in [1.165, 1.54) is 25.7 Å². The molecular weight excluding hydrogens is 328 g/mol. The lowest BCUT2D eigenvalue weighted by Gasteiger charge is -2.29. The molecule has 1 N–H and O–H groups in total. The van der Waals surface area contributed by atoms with Crippen molar-refractivity contribution in [3.8, 4) is 0 Å². The van der Waals surface area contributed by atoms with Crippen LogP contribution in [0.25, 0.3) is 0 Å². The molecule has 26 heavy (non-hydrogen) atoms. The van der Waals surface area contributed by atoms with Gasteiger partial charge >= 0.3 is 0 Å². The Morgan fingerprint density at radius 2 is 1.88 bits per heavy atom. The van der Waals surface area contributed by atoms with Crippen LogP contribution in [0.15, 0.2) is 24.3 Å². The number of likely N-dealkylation sites (tertiary alicyclic amines) is 1. The highest BCUT2D eigenvalue weighted by Gasteiger charge is 2.36. The lowest BCUT2D eigenvalue weighted by molar-refractivity contribution is -0.124. The SMILES string of the molecule is O=C(Nc1cccc(C(=O)N2CCC[C@@H]2C2CCCC2)c1)[C@@H]1CCCO1. The topological polar surface area (TPSA) is 58.6 Å². The van der Waals surface area contributed by atoms with E-state index in [4.69, 9.17) is 4.74 Å². The van der Waals surface area contributed by atoms with E-state index in [1.54, 1.807) is 6.07 Å². The van der Waals surface area contributed by atoms with E-state index < -0.39 is 0 Å². The summed E-state index contributed by atoms with van der Waals surface area (Å²) in [6, 6.07) is 7.74. The van der Waals surface area contributed by atoms with Crippen molar-refractivity contribution < 1.29 is 14.3 Å². The Morgan fingerprint density at radius 3 is 2.65 bits per heavy atom. The smallest absolute Gasteiger partial charge is 0.254 e. The number of ether oxygens (including phenoxy) is 1. The van der Waals surface area contributed by atoms with Crippen molar-refractivity contribution in [3.63, 3.8) is 0 Å². The number of amides is 2. The quantitative estimate of drug-likeness (QED) is 0.897. The summed E-state index contributed by atoms with van der Waals surface area (Å²) in [7, 11) is 0. The zero-order valence-electron chi connectivity index (χ0n) is 15.3. The van der Waals surface area contributed by atoms with Crippen LogP contribution in [0.5, 0.6) is 0 Å². The fraction of sp³-hybridized carbons (Fsp3) is 0.619. The molecule has 0 radical (unpaired) electrons. The normalized spacial score (nSPS) is 26.4. The Bertz CT molecular complexity index is 663. The minimum absolute atomic E-state index is 0.104. The molecule has 2 aliphatic heterocycles. The van der Waals surface area contributed by atoms with Gasteiger partial charge in [-0.3, -0.25) is 9.59 Å². The molecule has 3 aliphatic rings. The van der Waals surface area contributed by atoms with Crippen molar-refractivity contribution in [2.45, 2.75) is 63.5 Å². The maximum atomic E-state index is 13.1. The van der Waals surface area contributed by atoms with Crippen molar-refractivity contribution in [2.75, 3.05) is 18.5 Å². The molecule has 2 heterocycles. The van der Waals surface area contributed by atoms with Gasteiger partial charge in [0.2, 0.25) is 0 Å². The molecule has 140 valence electrons. The van der Waals surface area contributed by atoms with E-state index in [0.717, 1.165) is 32.2 Å². The first-order chi connectivity index (χ1) is 12.7. The van der Waals surface area contributed by atoms with Crippen molar-refractivity contribution in [1.29, 1.82) is 0 Å². The van der Waals surface area contributed by atoms with Gasteiger partial charge in [-0.05, 0) is 62.6 Å². The molecular formula is C21H28N2O3. The van der Waals surface area contributed by atoms with Gasteiger partial charge < -0.3 is 15.0 Å². The first-order valence-corrected chi connectivity index (χ1v) is 10.1. The number of hydrogen-bond acceptors (Lipinski definition) is 3. The molecule has 0 bridgehead atoms. The molecule has 2 atom stereocenters. The lowest BCUT2D eigenvalue weighted by atomic mass is 9.95. The molecule has 0 aromatic heterocycles. The highest BCUT2D eigenvalue weighted by Crippen LogP contribution is 2.36. The van der Waals surface area contributed by atoms with E-state index in [1.807, 2.05) is 18.2 Å². The van der Waals surface area contributed by atoms with E-state index in [2.05, 4.69) is 10.2 Å². The van der Waals surface area contributed by atoms with E-state index >= 15 is 0 Å². The number of rotatable bonds is 4. The average molecular weight is 356 g/mol. The van der Waals surface area contributed by atoms with Crippen molar-refractivity contribution >= 4 is 17.5 Å². The number of carbonyl (C=O) groups excluding carboxylic acids is 2. The van der Waals surface area contributed by atoms with Gasteiger partial charge in [0, 0.05) is 30.4 Å².